The summed E-state index contributed by atoms with van der Waals surface area (Å²) >= 11 is 0. The third-order valence-corrected chi connectivity index (χ3v) is 2.86. The van der Waals surface area contributed by atoms with Crippen LogP contribution in [0.3, 0.4) is 0 Å². The molecule has 0 bridgehead atoms. The van der Waals surface area contributed by atoms with Crippen LogP contribution in [-0.4, -0.2) is 9.78 Å². The third-order valence-electron chi connectivity index (χ3n) is 2.86. The Morgan fingerprint density at radius 1 is 1.18 bits per heavy atom. The second kappa shape index (κ2) is 4.72. The van der Waals surface area contributed by atoms with Gasteiger partial charge in [-0.05, 0) is 36.6 Å². The number of hydrogen-bond donors (Lipinski definition) is 1. The molecule has 1 unspecified atom stereocenters. The first-order chi connectivity index (χ1) is 8.08. The number of rotatable bonds is 3. The van der Waals surface area contributed by atoms with Crippen molar-refractivity contribution in [1.82, 2.24) is 9.78 Å². The molecular formula is C14H19N3. The summed E-state index contributed by atoms with van der Waals surface area (Å²) in [5.74, 6) is 0.452. The van der Waals surface area contributed by atoms with E-state index >= 15 is 0 Å². The highest BCUT2D eigenvalue weighted by molar-refractivity contribution is 5.36. The number of nitrogens with zero attached hydrogens (tertiary/aromatic N) is 2. The van der Waals surface area contributed by atoms with Gasteiger partial charge in [0.2, 0.25) is 0 Å². The summed E-state index contributed by atoms with van der Waals surface area (Å²) < 4.78 is 1.90. The number of benzene rings is 1. The first-order valence-corrected chi connectivity index (χ1v) is 5.99. The van der Waals surface area contributed by atoms with Crippen LogP contribution in [0, 0.1) is 0 Å². The van der Waals surface area contributed by atoms with Crippen LogP contribution in [0.2, 0.25) is 0 Å². The monoisotopic (exact) mass is 229 g/mol. The molecule has 0 radical (unpaired) electrons. The zero-order chi connectivity index (χ0) is 12.4. The summed E-state index contributed by atoms with van der Waals surface area (Å²) in [6, 6.07) is 10.3. The van der Waals surface area contributed by atoms with Crippen molar-refractivity contribution >= 4 is 0 Å². The predicted molar refractivity (Wildman–Crippen MR) is 70.3 cm³/mol. The second-order valence-electron chi connectivity index (χ2n) is 4.72. The molecule has 1 heterocycles. The van der Waals surface area contributed by atoms with E-state index in [1.54, 1.807) is 0 Å². The van der Waals surface area contributed by atoms with Gasteiger partial charge in [-0.2, -0.15) is 5.10 Å². The van der Waals surface area contributed by atoms with Gasteiger partial charge in [0.1, 0.15) is 0 Å². The molecule has 0 aliphatic heterocycles. The van der Waals surface area contributed by atoms with Gasteiger partial charge in [-0.15, -0.1) is 0 Å². The standard InChI is InChI=1S/C14H19N3/c1-10(2)14-7-8-17(16-14)13-6-4-5-12(9-13)11(3)15/h4-11H,15H2,1-3H3. The molecular weight excluding hydrogens is 210 g/mol. The lowest BCUT2D eigenvalue weighted by Gasteiger charge is -2.08. The lowest BCUT2D eigenvalue weighted by Crippen LogP contribution is -2.06. The summed E-state index contributed by atoms with van der Waals surface area (Å²) in [5, 5.41) is 4.56. The van der Waals surface area contributed by atoms with Crippen LogP contribution in [0.25, 0.3) is 5.69 Å². The van der Waals surface area contributed by atoms with Crippen molar-refractivity contribution in [3.63, 3.8) is 0 Å². The summed E-state index contributed by atoms with van der Waals surface area (Å²) in [7, 11) is 0. The number of nitrogens with two attached hydrogens (primary N) is 1. The first-order valence-electron chi connectivity index (χ1n) is 5.99. The molecule has 1 atom stereocenters. The fraction of sp³-hybridized carbons (Fsp3) is 0.357. The smallest absolute Gasteiger partial charge is 0.0654 e. The van der Waals surface area contributed by atoms with Crippen LogP contribution in [0.4, 0.5) is 0 Å². The highest BCUT2D eigenvalue weighted by Crippen LogP contribution is 2.17. The minimum absolute atomic E-state index is 0.0510. The Morgan fingerprint density at radius 3 is 2.53 bits per heavy atom. The Hall–Kier alpha value is -1.61. The molecule has 2 rings (SSSR count). The third kappa shape index (κ3) is 2.56. The van der Waals surface area contributed by atoms with Gasteiger partial charge < -0.3 is 5.73 Å². The minimum atomic E-state index is 0.0510. The highest BCUT2D eigenvalue weighted by atomic mass is 15.3. The highest BCUT2D eigenvalue weighted by Gasteiger charge is 2.06. The van der Waals surface area contributed by atoms with Crippen LogP contribution in [-0.2, 0) is 0 Å². The lowest BCUT2D eigenvalue weighted by molar-refractivity contribution is 0.764. The number of aromatic nitrogens is 2. The van der Waals surface area contributed by atoms with E-state index < -0.39 is 0 Å². The molecule has 0 fully saturated rings. The summed E-state index contributed by atoms with van der Waals surface area (Å²) in [4.78, 5) is 0. The zero-order valence-corrected chi connectivity index (χ0v) is 10.6. The van der Waals surface area contributed by atoms with E-state index in [1.165, 1.54) is 0 Å². The summed E-state index contributed by atoms with van der Waals surface area (Å²) in [5.41, 5.74) is 9.18. The van der Waals surface area contributed by atoms with Crippen molar-refractivity contribution in [3.05, 3.63) is 47.8 Å². The van der Waals surface area contributed by atoms with Gasteiger partial charge in [0.05, 0.1) is 11.4 Å². The minimum Gasteiger partial charge on any atom is -0.324 e. The Labute approximate surface area is 102 Å². The van der Waals surface area contributed by atoms with Crippen LogP contribution in [0.15, 0.2) is 36.5 Å². The van der Waals surface area contributed by atoms with Crippen LogP contribution in [0.1, 0.15) is 44.0 Å². The predicted octanol–water partition coefficient (Wildman–Crippen LogP) is 3.02. The average Bonchev–Trinajstić information content (AvgIpc) is 2.78. The Balaban J connectivity index is 2.35. The lowest BCUT2D eigenvalue weighted by atomic mass is 10.1. The molecule has 3 nitrogen and oxygen atoms in total. The van der Waals surface area contributed by atoms with Gasteiger partial charge in [0, 0.05) is 12.2 Å². The van der Waals surface area contributed by atoms with E-state index in [-0.39, 0.29) is 6.04 Å². The molecule has 0 aliphatic carbocycles. The molecule has 0 spiro atoms. The van der Waals surface area contributed by atoms with Gasteiger partial charge in [0.15, 0.2) is 0 Å². The molecule has 90 valence electrons. The Bertz CT molecular complexity index is 498. The zero-order valence-electron chi connectivity index (χ0n) is 10.6. The molecule has 3 heteroatoms. The van der Waals surface area contributed by atoms with Crippen LogP contribution >= 0.6 is 0 Å². The molecule has 2 aromatic rings. The van der Waals surface area contributed by atoms with Crippen molar-refractivity contribution in [2.24, 2.45) is 5.73 Å². The SMILES string of the molecule is CC(C)c1ccn(-c2cccc(C(C)N)c2)n1. The molecule has 0 amide bonds. The number of hydrogen-bond acceptors (Lipinski definition) is 2. The van der Waals surface area contributed by atoms with E-state index in [0.717, 1.165) is 16.9 Å². The van der Waals surface area contributed by atoms with Gasteiger partial charge in [-0.3, -0.25) is 0 Å². The van der Waals surface area contributed by atoms with Crippen molar-refractivity contribution in [2.75, 3.05) is 0 Å². The molecule has 2 N–H and O–H groups in total. The second-order valence-corrected chi connectivity index (χ2v) is 4.72. The fourth-order valence-corrected chi connectivity index (χ4v) is 1.74. The quantitative estimate of drug-likeness (QED) is 0.879. The Morgan fingerprint density at radius 2 is 1.94 bits per heavy atom. The molecule has 1 aromatic carbocycles. The van der Waals surface area contributed by atoms with Gasteiger partial charge in [0.25, 0.3) is 0 Å². The van der Waals surface area contributed by atoms with Crippen molar-refractivity contribution in [1.29, 1.82) is 0 Å². The molecule has 0 aliphatic rings. The molecule has 0 saturated carbocycles. The van der Waals surface area contributed by atoms with Gasteiger partial charge >= 0.3 is 0 Å². The van der Waals surface area contributed by atoms with Crippen LogP contribution in [0.5, 0.6) is 0 Å². The largest absolute Gasteiger partial charge is 0.324 e. The normalized spacial score (nSPS) is 13.0. The summed E-state index contributed by atoms with van der Waals surface area (Å²) in [6.07, 6.45) is 2.00. The van der Waals surface area contributed by atoms with E-state index in [0.29, 0.717) is 5.92 Å². The maximum atomic E-state index is 5.88. The first kappa shape index (κ1) is 11.9. The van der Waals surface area contributed by atoms with Crippen LogP contribution < -0.4 is 5.73 Å². The fourth-order valence-electron chi connectivity index (χ4n) is 1.74. The average molecular weight is 229 g/mol. The van der Waals surface area contributed by atoms with Crippen molar-refractivity contribution in [2.45, 2.75) is 32.7 Å². The Kier molecular flexibility index (Phi) is 3.29. The maximum absolute atomic E-state index is 5.88. The van der Waals surface area contributed by atoms with E-state index in [1.807, 2.05) is 36.0 Å². The maximum Gasteiger partial charge on any atom is 0.0654 e. The van der Waals surface area contributed by atoms with Crippen molar-refractivity contribution in [3.8, 4) is 5.69 Å². The van der Waals surface area contributed by atoms with E-state index in [4.69, 9.17) is 5.73 Å². The van der Waals surface area contributed by atoms with Crippen molar-refractivity contribution < 1.29 is 0 Å². The molecule has 0 saturated heterocycles. The van der Waals surface area contributed by atoms with E-state index in [2.05, 4.69) is 31.1 Å². The topological polar surface area (TPSA) is 43.8 Å². The van der Waals surface area contributed by atoms with Gasteiger partial charge in [-0.25, -0.2) is 4.68 Å². The van der Waals surface area contributed by atoms with Gasteiger partial charge in [-0.1, -0.05) is 26.0 Å². The molecule has 17 heavy (non-hydrogen) atoms. The van der Waals surface area contributed by atoms with E-state index in [9.17, 15) is 0 Å². The molecule has 1 aromatic heterocycles. The summed E-state index contributed by atoms with van der Waals surface area (Å²) in [6.45, 7) is 6.28.